The predicted molar refractivity (Wildman–Crippen MR) is 98.4 cm³/mol. The molecule has 0 heterocycles. The quantitative estimate of drug-likeness (QED) is 0.761. The van der Waals surface area contributed by atoms with Gasteiger partial charge in [0.2, 0.25) is 0 Å². The van der Waals surface area contributed by atoms with Crippen LogP contribution in [0.15, 0.2) is 54.6 Å². The van der Waals surface area contributed by atoms with Crippen molar-refractivity contribution in [1.29, 1.82) is 0 Å². The summed E-state index contributed by atoms with van der Waals surface area (Å²) in [5.41, 5.74) is 1.44. The average Bonchev–Trinajstić information content (AvgIpc) is 2.48. The molecule has 0 bridgehead atoms. The maximum absolute atomic E-state index is 12.1. The summed E-state index contributed by atoms with van der Waals surface area (Å²) in [6.07, 6.45) is -0.154. The van der Waals surface area contributed by atoms with Crippen molar-refractivity contribution in [3.05, 3.63) is 65.2 Å². The van der Waals surface area contributed by atoms with Gasteiger partial charge in [0.15, 0.2) is 0 Å². The average molecular weight is 347 g/mol. The Kier molecular flexibility index (Phi) is 6.10. The molecule has 0 saturated heterocycles. The molecule has 128 valence electrons. The van der Waals surface area contributed by atoms with Crippen LogP contribution < -0.4 is 10.6 Å². The largest absolute Gasteiger partial charge is 0.444 e. The molecule has 0 spiro atoms. The Balaban J connectivity index is 2.08. The second-order valence-corrected chi connectivity index (χ2v) is 6.98. The van der Waals surface area contributed by atoms with E-state index in [2.05, 4.69) is 10.6 Å². The van der Waals surface area contributed by atoms with Gasteiger partial charge in [-0.05, 0) is 50.6 Å². The molecule has 0 aromatic heterocycles. The number of carbonyl (C=O) groups is 1. The number of amides is 1. The molecule has 0 aliphatic carbocycles. The number of alkyl carbamates (subject to hydrolysis) is 1. The van der Waals surface area contributed by atoms with E-state index in [1.165, 1.54) is 0 Å². The number of benzene rings is 2. The normalized spacial score (nSPS) is 12.3. The van der Waals surface area contributed by atoms with Crippen molar-refractivity contribution >= 4 is 23.4 Å². The highest BCUT2D eigenvalue weighted by Crippen LogP contribution is 2.14. The van der Waals surface area contributed by atoms with Crippen LogP contribution in [0, 0.1) is 0 Å². The molecule has 0 fully saturated rings. The lowest BCUT2D eigenvalue weighted by molar-refractivity contribution is 0.0510. The van der Waals surface area contributed by atoms with E-state index in [9.17, 15) is 4.79 Å². The summed E-state index contributed by atoms with van der Waals surface area (Å²) < 4.78 is 5.35. The van der Waals surface area contributed by atoms with Gasteiger partial charge in [-0.15, -0.1) is 0 Å². The van der Waals surface area contributed by atoms with Crippen molar-refractivity contribution < 1.29 is 9.53 Å². The Morgan fingerprint density at radius 3 is 2.29 bits per heavy atom. The second-order valence-electron chi connectivity index (χ2n) is 6.54. The molecule has 5 heteroatoms. The zero-order valence-electron chi connectivity index (χ0n) is 14.2. The molecule has 2 N–H and O–H groups in total. The molecule has 0 aliphatic rings. The number of halogens is 1. The first kappa shape index (κ1) is 18.1. The summed E-state index contributed by atoms with van der Waals surface area (Å²) in [6, 6.07) is 17.3. The van der Waals surface area contributed by atoms with Gasteiger partial charge < -0.3 is 15.4 Å². The molecule has 0 saturated carbocycles. The van der Waals surface area contributed by atoms with Crippen LogP contribution in [0.3, 0.4) is 0 Å². The molecular weight excluding hydrogens is 324 g/mol. The molecule has 2 rings (SSSR count). The number of hydrogen-bond acceptors (Lipinski definition) is 3. The fourth-order valence-corrected chi connectivity index (χ4v) is 2.31. The van der Waals surface area contributed by atoms with E-state index in [0.717, 1.165) is 11.3 Å². The predicted octanol–water partition coefficient (Wildman–Crippen LogP) is 4.85. The molecule has 1 unspecified atom stereocenters. The number of para-hydroxylation sites is 1. The van der Waals surface area contributed by atoms with Gasteiger partial charge in [-0.3, -0.25) is 0 Å². The van der Waals surface area contributed by atoms with Crippen LogP contribution in [-0.4, -0.2) is 17.9 Å². The Labute approximate surface area is 148 Å². The number of ether oxygens (including phenoxy) is 1. The Hall–Kier alpha value is -2.20. The van der Waals surface area contributed by atoms with Crippen molar-refractivity contribution in [1.82, 2.24) is 5.32 Å². The highest BCUT2D eigenvalue weighted by atomic mass is 35.5. The van der Waals surface area contributed by atoms with Gasteiger partial charge in [-0.1, -0.05) is 41.9 Å². The molecule has 0 radical (unpaired) electrons. The standard InChI is InChI=1S/C19H23ClN2O2/c1-19(2,3)24-18(23)22-17(21-16-7-5-4-6-8-16)13-14-9-11-15(20)12-10-14/h4-12,17,21H,13H2,1-3H3,(H,22,23). The van der Waals surface area contributed by atoms with Crippen LogP contribution in [0.4, 0.5) is 10.5 Å². The third-order valence-corrected chi connectivity index (χ3v) is 3.41. The molecule has 24 heavy (non-hydrogen) atoms. The van der Waals surface area contributed by atoms with Crippen LogP contribution in [0.1, 0.15) is 26.3 Å². The zero-order valence-corrected chi connectivity index (χ0v) is 14.9. The summed E-state index contributed by atoms with van der Waals surface area (Å²) >= 11 is 5.93. The summed E-state index contributed by atoms with van der Waals surface area (Å²) in [4.78, 5) is 12.1. The fourth-order valence-electron chi connectivity index (χ4n) is 2.18. The molecule has 1 amide bonds. The van der Waals surface area contributed by atoms with E-state index in [1.54, 1.807) is 0 Å². The van der Waals surface area contributed by atoms with E-state index < -0.39 is 11.7 Å². The Bertz CT molecular complexity index is 651. The third-order valence-electron chi connectivity index (χ3n) is 3.16. The first-order valence-electron chi connectivity index (χ1n) is 7.87. The van der Waals surface area contributed by atoms with E-state index in [-0.39, 0.29) is 6.17 Å². The lowest BCUT2D eigenvalue weighted by atomic mass is 10.1. The minimum absolute atomic E-state index is 0.302. The number of hydrogen-bond donors (Lipinski definition) is 2. The van der Waals surface area contributed by atoms with Crippen LogP contribution in [0.5, 0.6) is 0 Å². The van der Waals surface area contributed by atoms with Gasteiger partial charge in [0.1, 0.15) is 11.8 Å². The van der Waals surface area contributed by atoms with Gasteiger partial charge >= 0.3 is 6.09 Å². The van der Waals surface area contributed by atoms with E-state index in [1.807, 2.05) is 75.4 Å². The van der Waals surface area contributed by atoms with Gasteiger partial charge in [-0.25, -0.2) is 4.79 Å². The first-order valence-corrected chi connectivity index (χ1v) is 8.25. The van der Waals surface area contributed by atoms with Crippen molar-refractivity contribution in [2.24, 2.45) is 0 Å². The Morgan fingerprint density at radius 1 is 1.08 bits per heavy atom. The minimum Gasteiger partial charge on any atom is -0.444 e. The van der Waals surface area contributed by atoms with E-state index in [4.69, 9.17) is 16.3 Å². The fraction of sp³-hybridized carbons (Fsp3) is 0.316. The first-order chi connectivity index (χ1) is 11.3. The van der Waals surface area contributed by atoms with Crippen LogP contribution in [0.25, 0.3) is 0 Å². The van der Waals surface area contributed by atoms with Crippen molar-refractivity contribution in [2.45, 2.75) is 39.0 Å². The van der Waals surface area contributed by atoms with Crippen molar-refractivity contribution in [3.63, 3.8) is 0 Å². The zero-order chi connectivity index (χ0) is 17.6. The van der Waals surface area contributed by atoms with Gasteiger partial charge in [-0.2, -0.15) is 0 Å². The maximum Gasteiger partial charge on any atom is 0.409 e. The Morgan fingerprint density at radius 2 is 1.71 bits per heavy atom. The van der Waals surface area contributed by atoms with Crippen molar-refractivity contribution in [3.8, 4) is 0 Å². The second kappa shape index (κ2) is 8.06. The lowest BCUT2D eigenvalue weighted by Gasteiger charge is -2.25. The highest BCUT2D eigenvalue weighted by Gasteiger charge is 2.19. The van der Waals surface area contributed by atoms with E-state index >= 15 is 0 Å². The molecule has 2 aromatic rings. The SMILES string of the molecule is CC(C)(C)OC(=O)NC(Cc1ccc(Cl)cc1)Nc1ccccc1. The number of rotatable bonds is 5. The molecule has 4 nitrogen and oxygen atoms in total. The molecule has 0 aliphatic heterocycles. The van der Waals surface area contributed by atoms with Crippen LogP contribution in [-0.2, 0) is 11.2 Å². The summed E-state index contributed by atoms with van der Waals surface area (Å²) in [7, 11) is 0. The number of carbonyl (C=O) groups excluding carboxylic acids is 1. The van der Waals surface area contributed by atoms with Gasteiger partial charge in [0.25, 0.3) is 0 Å². The molecular formula is C19H23ClN2O2. The minimum atomic E-state index is -0.540. The summed E-state index contributed by atoms with van der Waals surface area (Å²) in [5.74, 6) is 0. The number of nitrogens with one attached hydrogen (secondary N) is 2. The molecule has 2 aromatic carbocycles. The van der Waals surface area contributed by atoms with Gasteiger partial charge in [0, 0.05) is 17.1 Å². The van der Waals surface area contributed by atoms with Gasteiger partial charge in [0.05, 0.1) is 0 Å². The summed E-state index contributed by atoms with van der Waals surface area (Å²) in [6.45, 7) is 5.52. The monoisotopic (exact) mass is 346 g/mol. The van der Waals surface area contributed by atoms with Crippen LogP contribution in [0.2, 0.25) is 5.02 Å². The van der Waals surface area contributed by atoms with Crippen LogP contribution >= 0.6 is 11.6 Å². The molecule has 1 atom stereocenters. The van der Waals surface area contributed by atoms with Crippen molar-refractivity contribution in [2.75, 3.05) is 5.32 Å². The topological polar surface area (TPSA) is 50.4 Å². The van der Waals surface area contributed by atoms with E-state index in [0.29, 0.717) is 11.4 Å². The smallest absolute Gasteiger partial charge is 0.409 e. The third kappa shape index (κ3) is 6.50. The number of anilines is 1. The maximum atomic E-state index is 12.1. The highest BCUT2D eigenvalue weighted by molar-refractivity contribution is 6.30. The summed E-state index contributed by atoms with van der Waals surface area (Å²) in [5, 5.41) is 6.88. The lowest BCUT2D eigenvalue weighted by Crippen LogP contribution is -2.44.